The number of halogens is 2. The minimum Gasteiger partial charge on any atom is -0.382 e. The first-order chi connectivity index (χ1) is 8.43. The highest BCUT2D eigenvalue weighted by atomic mass is 79.9. The third-order valence-corrected chi connectivity index (χ3v) is 4.71. The minimum absolute atomic E-state index is 0.550. The molecular formula is C14H15BrClNO. The van der Waals surface area contributed by atoms with Crippen LogP contribution in [0.1, 0.15) is 34.2 Å². The Kier molecular flexibility index (Phi) is 3.85. The summed E-state index contributed by atoms with van der Waals surface area (Å²) in [6.07, 6.45) is -0.734. The molecule has 0 spiro atoms. The summed E-state index contributed by atoms with van der Waals surface area (Å²) >= 11 is 9.59. The van der Waals surface area contributed by atoms with Crippen LogP contribution in [-0.2, 0) is 0 Å². The van der Waals surface area contributed by atoms with E-state index in [-0.39, 0.29) is 0 Å². The standard InChI is InChI=1S/C14H15BrClNO/c1-7-8(2)13(17-9(7)3)14(18)10-5-4-6-11(15)12(10)16/h4-6,14,17-18H,1-3H3. The first kappa shape index (κ1) is 13.7. The number of benzene rings is 1. The smallest absolute Gasteiger partial charge is 0.120 e. The van der Waals surface area contributed by atoms with E-state index in [2.05, 4.69) is 20.9 Å². The van der Waals surface area contributed by atoms with Gasteiger partial charge in [0.1, 0.15) is 6.10 Å². The summed E-state index contributed by atoms with van der Waals surface area (Å²) in [5, 5.41) is 11.0. The van der Waals surface area contributed by atoms with Crippen molar-refractivity contribution >= 4 is 27.5 Å². The highest BCUT2D eigenvalue weighted by Gasteiger charge is 2.20. The minimum atomic E-state index is -0.734. The van der Waals surface area contributed by atoms with Crippen LogP contribution in [0.5, 0.6) is 0 Å². The molecule has 0 fully saturated rings. The third-order valence-electron chi connectivity index (χ3n) is 3.40. The number of aromatic amines is 1. The van der Waals surface area contributed by atoms with E-state index in [4.69, 9.17) is 11.6 Å². The Bertz CT molecular complexity index is 592. The molecule has 1 heterocycles. The van der Waals surface area contributed by atoms with Gasteiger partial charge >= 0.3 is 0 Å². The first-order valence-corrected chi connectivity index (χ1v) is 6.88. The summed E-state index contributed by atoms with van der Waals surface area (Å²) in [6, 6.07) is 5.56. The van der Waals surface area contributed by atoms with Crippen molar-refractivity contribution in [1.82, 2.24) is 4.98 Å². The number of aryl methyl sites for hydroxylation is 1. The molecular weight excluding hydrogens is 314 g/mol. The molecule has 2 N–H and O–H groups in total. The molecule has 96 valence electrons. The highest BCUT2D eigenvalue weighted by molar-refractivity contribution is 9.10. The molecule has 18 heavy (non-hydrogen) atoms. The number of rotatable bonds is 2. The lowest BCUT2D eigenvalue weighted by Gasteiger charge is -2.13. The number of H-pyrrole nitrogens is 1. The molecule has 0 saturated carbocycles. The van der Waals surface area contributed by atoms with Crippen molar-refractivity contribution in [1.29, 1.82) is 0 Å². The van der Waals surface area contributed by atoms with Gasteiger partial charge in [0.25, 0.3) is 0 Å². The zero-order valence-electron chi connectivity index (χ0n) is 10.5. The zero-order valence-corrected chi connectivity index (χ0v) is 12.9. The quantitative estimate of drug-likeness (QED) is 0.840. The molecule has 1 atom stereocenters. The van der Waals surface area contributed by atoms with Crippen LogP contribution in [0.15, 0.2) is 22.7 Å². The Morgan fingerprint density at radius 1 is 1.22 bits per heavy atom. The maximum absolute atomic E-state index is 10.5. The number of aliphatic hydroxyl groups is 1. The van der Waals surface area contributed by atoms with E-state index in [0.717, 1.165) is 21.4 Å². The van der Waals surface area contributed by atoms with Gasteiger partial charge < -0.3 is 10.1 Å². The fraction of sp³-hybridized carbons (Fsp3) is 0.286. The van der Waals surface area contributed by atoms with Gasteiger partial charge in [0, 0.05) is 15.7 Å². The van der Waals surface area contributed by atoms with Crippen molar-refractivity contribution < 1.29 is 5.11 Å². The molecule has 0 aliphatic heterocycles. The average molecular weight is 329 g/mol. The van der Waals surface area contributed by atoms with Crippen molar-refractivity contribution in [3.05, 3.63) is 55.8 Å². The monoisotopic (exact) mass is 327 g/mol. The van der Waals surface area contributed by atoms with Crippen LogP contribution in [0.2, 0.25) is 5.02 Å². The second kappa shape index (κ2) is 5.08. The van der Waals surface area contributed by atoms with Crippen molar-refractivity contribution in [2.24, 2.45) is 0 Å². The van der Waals surface area contributed by atoms with Crippen LogP contribution < -0.4 is 0 Å². The number of hydrogen-bond acceptors (Lipinski definition) is 1. The van der Waals surface area contributed by atoms with Crippen molar-refractivity contribution in [3.8, 4) is 0 Å². The molecule has 0 bridgehead atoms. The van der Waals surface area contributed by atoms with Gasteiger partial charge in [0.05, 0.1) is 10.7 Å². The van der Waals surface area contributed by atoms with E-state index in [1.54, 1.807) is 0 Å². The molecule has 2 aromatic rings. The van der Waals surface area contributed by atoms with Gasteiger partial charge in [-0.15, -0.1) is 0 Å². The van der Waals surface area contributed by atoms with E-state index in [0.29, 0.717) is 10.6 Å². The van der Waals surface area contributed by atoms with Crippen LogP contribution >= 0.6 is 27.5 Å². The Morgan fingerprint density at radius 3 is 2.44 bits per heavy atom. The second-order valence-corrected chi connectivity index (χ2v) is 5.69. The molecule has 2 rings (SSSR count). The summed E-state index contributed by atoms with van der Waals surface area (Å²) in [5.74, 6) is 0. The molecule has 0 saturated heterocycles. The number of aliphatic hydroxyl groups excluding tert-OH is 1. The van der Waals surface area contributed by atoms with E-state index in [1.165, 1.54) is 5.56 Å². The normalized spacial score (nSPS) is 12.8. The lowest BCUT2D eigenvalue weighted by atomic mass is 10.0. The Hall–Kier alpha value is -0.770. The van der Waals surface area contributed by atoms with Gasteiger partial charge in [0.15, 0.2) is 0 Å². The van der Waals surface area contributed by atoms with Crippen LogP contribution in [0.4, 0.5) is 0 Å². The average Bonchev–Trinajstić information content (AvgIpc) is 2.60. The molecule has 0 amide bonds. The van der Waals surface area contributed by atoms with Crippen LogP contribution in [0.25, 0.3) is 0 Å². The van der Waals surface area contributed by atoms with E-state index in [9.17, 15) is 5.11 Å². The summed E-state index contributed by atoms with van der Waals surface area (Å²) in [6.45, 7) is 6.05. The molecule has 0 aliphatic rings. The second-order valence-electron chi connectivity index (χ2n) is 4.46. The van der Waals surface area contributed by atoms with Gasteiger partial charge in [-0.3, -0.25) is 0 Å². The molecule has 0 aliphatic carbocycles. The molecule has 1 aromatic heterocycles. The molecule has 0 radical (unpaired) electrons. The Balaban J connectivity index is 2.51. The lowest BCUT2D eigenvalue weighted by Crippen LogP contribution is -2.03. The summed E-state index contributed by atoms with van der Waals surface area (Å²) in [5.41, 5.74) is 4.85. The van der Waals surface area contributed by atoms with E-state index < -0.39 is 6.10 Å². The maximum Gasteiger partial charge on any atom is 0.120 e. The first-order valence-electron chi connectivity index (χ1n) is 5.71. The van der Waals surface area contributed by atoms with Gasteiger partial charge in [-0.1, -0.05) is 23.7 Å². The third kappa shape index (κ3) is 2.22. The fourth-order valence-corrected chi connectivity index (χ4v) is 2.64. The zero-order chi connectivity index (χ0) is 13.4. The Labute approximate surface area is 120 Å². The van der Waals surface area contributed by atoms with E-state index in [1.807, 2.05) is 39.0 Å². The largest absolute Gasteiger partial charge is 0.382 e. The molecule has 1 aromatic carbocycles. The summed E-state index contributed by atoms with van der Waals surface area (Å²) in [4.78, 5) is 3.23. The van der Waals surface area contributed by atoms with Crippen LogP contribution in [0.3, 0.4) is 0 Å². The van der Waals surface area contributed by atoms with Crippen molar-refractivity contribution in [2.45, 2.75) is 26.9 Å². The summed E-state index contributed by atoms with van der Waals surface area (Å²) < 4.78 is 0.790. The van der Waals surface area contributed by atoms with Gasteiger partial charge in [-0.2, -0.15) is 0 Å². The van der Waals surface area contributed by atoms with Crippen LogP contribution in [0, 0.1) is 20.8 Å². The van der Waals surface area contributed by atoms with Crippen LogP contribution in [-0.4, -0.2) is 10.1 Å². The Morgan fingerprint density at radius 2 is 1.89 bits per heavy atom. The maximum atomic E-state index is 10.5. The number of nitrogens with one attached hydrogen (secondary N) is 1. The number of aromatic nitrogens is 1. The molecule has 2 nitrogen and oxygen atoms in total. The highest BCUT2D eigenvalue weighted by Crippen LogP contribution is 2.34. The topological polar surface area (TPSA) is 36.0 Å². The van der Waals surface area contributed by atoms with E-state index >= 15 is 0 Å². The van der Waals surface area contributed by atoms with Gasteiger partial charge in [0.2, 0.25) is 0 Å². The van der Waals surface area contributed by atoms with Crippen molar-refractivity contribution in [3.63, 3.8) is 0 Å². The fourth-order valence-electron chi connectivity index (χ4n) is 2.03. The lowest BCUT2D eigenvalue weighted by molar-refractivity contribution is 0.215. The predicted molar refractivity (Wildman–Crippen MR) is 78.2 cm³/mol. The molecule has 1 unspecified atom stereocenters. The van der Waals surface area contributed by atoms with Gasteiger partial charge in [-0.25, -0.2) is 0 Å². The van der Waals surface area contributed by atoms with Gasteiger partial charge in [-0.05, 0) is 53.9 Å². The molecule has 4 heteroatoms. The van der Waals surface area contributed by atoms with Crippen molar-refractivity contribution in [2.75, 3.05) is 0 Å². The number of hydrogen-bond donors (Lipinski definition) is 2. The summed E-state index contributed by atoms with van der Waals surface area (Å²) in [7, 11) is 0. The SMILES string of the molecule is Cc1[nH]c(C(O)c2cccc(Br)c2Cl)c(C)c1C. The predicted octanol–water partition coefficient (Wildman–Crippen LogP) is 4.44.